The van der Waals surface area contributed by atoms with E-state index in [9.17, 15) is 10.1 Å². The minimum Gasteiger partial charge on any atom is -0.399 e. The zero-order valence-electron chi connectivity index (χ0n) is 14.2. The number of nitrogens with one attached hydrogen (secondary N) is 2. The largest absolute Gasteiger partial charge is 0.399 e. The summed E-state index contributed by atoms with van der Waals surface area (Å²) >= 11 is 0. The Balaban J connectivity index is 1.54. The molecule has 3 aromatic carbocycles. The van der Waals surface area contributed by atoms with E-state index in [0.717, 1.165) is 28.2 Å². The lowest BCUT2D eigenvalue weighted by Gasteiger charge is -2.09. The molecule has 26 heavy (non-hydrogen) atoms. The van der Waals surface area contributed by atoms with Crippen LogP contribution in [-0.2, 0) is 13.1 Å². The summed E-state index contributed by atoms with van der Waals surface area (Å²) in [6, 6.07) is 22.4. The maximum atomic E-state index is 10.8. The van der Waals surface area contributed by atoms with Crippen molar-refractivity contribution >= 4 is 22.7 Å². The zero-order valence-corrected chi connectivity index (χ0v) is 14.2. The topological polar surface area (TPSA) is 93.2 Å². The first kappa shape index (κ1) is 17.3. The summed E-state index contributed by atoms with van der Waals surface area (Å²) in [7, 11) is 0. The van der Waals surface area contributed by atoms with Gasteiger partial charge in [0.15, 0.2) is 0 Å². The molecule has 132 valence electrons. The van der Waals surface area contributed by atoms with Crippen molar-refractivity contribution in [3.63, 3.8) is 0 Å². The number of nitrogens with zero attached hydrogens (tertiary/aromatic N) is 1. The number of anilines is 3. The Bertz CT molecular complexity index is 894. The lowest BCUT2D eigenvalue weighted by molar-refractivity contribution is -0.384. The van der Waals surface area contributed by atoms with Crippen LogP contribution in [0, 0.1) is 10.1 Å². The van der Waals surface area contributed by atoms with E-state index in [1.54, 1.807) is 6.07 Å². The van der Waals surface area contributed by atoms with Crippen molar-refractivity contribution in [1.82, 2.24) is 0 Å². The van der Waals surface area contributed by atoms with E-state index in [1.165, 1.54) is 12.1 Å². The molecule has 0 unspecified atom stereocenters. The molecular formula is C20H20N4O2. The third-order valence-electron chi connectivity index (χ3n) is 3.96. The molecule has 6 nitrogen and oxygen atoms in total. The minimum atomic E-state index is -0.396. The van der Waals surface area contributed by atoms with Crippen LogP contribution in [0.2, 0.25) is 0 Å². The van der Waals surface area contributed by atoms with Gasteiger partial charge in [0.25, 0.3) is 5.69 Å². The third kappa shape index (κ3) is 4.73. The number of rotatable bonds is 7. The van der Waals surface area contributed by atoms with Crippen LogP contribution in [0.5, 0.6) is 0 Å². The van der Waals surface area contributed by atoms with Crippen LogP contribution >= 0.6 is 0 Å². The van der Waals surface area contributed by atoms with Gasteiger partial charge in [-0.15, -0.1) is 0 Å². The number of hydrogen-bond donors (Lipinski definition) is 3. The maximum Gasteiger partial charge on any atom is 0.271 e. The van der Waals surface area contributed by atoms with Crippen molar-refractivity contribution in [1.29, 1.82) is 0 Å². The molecule has 0 bridgehead atoms. The summed E-state index contributed by atoms with van der Waals surface area (Å²) in [5, 5.41) is 17.4. The smallest absolute Gasteiger partial charge is 0.271 e. The van der Waals surface area contributed by atoms with Gasteiger partial charge in [-0.25, -0.2) is 0 Å². The number of nitrogen functional groups attached to an aromatic ring is 1. The normalized spacial score (nSPS) is 10.3. The van der Waals surface area contributed by atoms with Crippen molar-refractivity contribution in [2.75, 3.05) is 16.4 Å². The molecule has 0 spiro atoms. The molecule has 3 rings (SSSR count). The SMILES string of the molecule is Nc1cccc(NCc2ccc(CNc3cccc([N+](=O)[O-])c3)cc2)c1. The van der Waals surface area contributed by atoms with Gasteiger partial charge in [0, 0.05) is 42.3 Å². The monoisotopic (exact) mass is 348 g/mol. The van der Waals surface area contributed by atoms with Crippen LogP contribution in [0.4, 0.5) is 22.7 Å². The average molecular weight is 348 g/mol. The van der Waals surface area contributed by atoms with Gasteiger partial charge in [0.05, 0.1) is 4.92 Å². The molecular weight excluding hydrogens is 328 g/mol. The molecule has 0 fully saturated rings. The predicted octanol–water partition coefficient (Wildman–Crippen LogP) is 4.40. The molecule has 0 aromatic heterocycles. The highest BCUT2D eigenvalue weighted by molar-refractivity contribution is 5.54. The van der Waals surface area contributed by atoms with Crippen LogP contribution in [-0.4, -0.2) is 4.92 Å². The summed E-state index contributed by atoms with van der Waals surface area (Å²) in [6.07, 6.45) is 0. The second kappa shape index (κ2) is 8.02. The highest BCUT2D eigenvalue weighted by atomic mass is 16.6. The Kier molecular flexibility index (Phi) is 5.34. The Labute approximate surface area is 151 Å². The van der Waals surface area contributed by atoms with Gasteiger partial charge in [-0.2, -0.15) is 0 Å². The first-order valence-electron chi connectivity index (χ1n) is 8.26. The fourth-order valence-electron chi connectivity index (χ4n) is 2.56. The molecule has 0 saturated heterocycles. The number of nitro groups is 1. The van der Waals surface area contributed by atoms with E-state index in [1.807, 2.05) is 42.5 Å². The lowest BCUT2D eigenvalue weighted by atomic mass is 10.1. The van der Waals surface area contributed by atoms with Crippen molar-refractivity contribution in [3.05, 3.63) is 94.0 Å². The van der Waals surface area contributed by atoms with Crippen molar-refractivity contribution in [3.8, 4) is 0 Å². The number of non-ortho nitro benzene ring substituents is 1. The standard InChI is InChI=1S/C20H20N4O2/c21-17-3-1-4-18(11-17)22-13-15-7-9-16(10-8-15)14-23-19-5-2-6-20(12-19)24(25)26/h1-12,22-23H,13-14,21H2. The first-order chi connectivity index (χ1) is 12.6. The van der Waals surface area contributed by atoms with Gasteiger partial charge in [0.2, 0.25) is 0 Å². The van der Waals surface area contributed by atoms with E-state index >= 15 is 0 Å². The van der Waals surface area contributed by atoms with Gasteiger partial charge >= 0.3 is 0 Å². The summed E-state index contributed by atoms with van der Waals surface area (Å²) in [5.41, 5.74) is 10.6. The number of nitrogens with two attached hydrogens (primary N) is 1. The Morgan fingerprint density at radius 3 is 1.88 bits per heavy atom. The second-order valence-corrected chi connectivity index (χ2v) is 5.96. The number of hydrogen-bond acceptors (Lipinski definition) is 5. The Morgan fingerprint density at radius 2 is 1.35 bits per heavy atom. The molecule has 3 aromatic rings. The average Bonchev–Trinajstić information content (AvgIpc) is 2.66. The number of benzene rings is 3. The molecule has 6 heteroatoms. The van der Waals surface area contributed by atoms with Gasteiger partial charge in [-0.3, -0.25) is 10.1 Å². The highest BCUT2D eigenvalue weighted by Crippen LogP contribution is 2.18. The number of nitro benzene ring substituents is 1. The highest BCUT2D eigenvalue weighted by Gasteiger charge is 2.05. The summed E-state index contributed by atoms with van der Waals surface area (Å²) in [5.74, 6) is 0. The van der Waals surface area contributed by atoms with Crippen LogP contribution in [0.1, 0.15) is 11.1 Å². The quantitative estimate of drug-likeness (QED) is 0.334. The molecule has 0 aliphatic carbocycles. The van der Waals surface area contributed by atoms with E-state index in [-0.39, 0.29) is 5.69 Å². The van der Waals surface area contributed by atoms with E-state index in [0.29, 0.717) is 13.1 Å². The molecule has 0 amide bonds. The Morgan fingerprint density at radius 1 is 0.808 bits per heavy atom. The maximum absolute atomic E-state index is 10.8. The zero-order chi connectivity index (χ0) is 18.4. The predicted molar refractivity (Wildman–Crippen MR) is 105 cm³/mol. The first-order valence-corrected chi connectivity index (χ1v) is 8.26. The minimum absolute atomic E-state index is 0.0815. The second-order valence-electron chi connectivity index (χ2n) is 5.96. The molecule has 0 heterocycles. The van der Waals surface area contributed by atoms with Crippen LogP contribution in [0.3, 0.4) is 0 Å². The molecule has 0 saturated carbocycles. The van der Waals surface area contributed by atoms with E-state index in [4.69, 9.17) is 5.73 Å². The molecule has 0 aliphatic rings. The summed E-state index contributed by atoms with van der Waals surface area (Å²) in [6.45, 7) is 1.31. The van der Waals surface area contributed by atoms with E-state index < -0.39 is 4.92 Å². The van der Waals surface area contributed by atoms with Gasteiger partial charge in [0.1, 0.15) is 0 Å². The fraction of sp³-hybridized carbons (Fsp3) is 0.100. The molecule has 4 N–H and O–H groups in total. The van der Waals surface area contributed by atoms with Crippen molar-refractivity contribution in [2.45, 2.75) is 13.1 Å². The van der Waals surface area contributed by atoms with Crippen LogP contribution in [0.25, 0.3) is 0 Å². The summed E-state index contributed by atoms with van der Waals surface area (Å²) < 4.78 is 0. The van der Waals surface area contributed by atoms with Gasteiger partial charge < -0.3 is 16.4 Å². The molecule has 0 radical (unpaired) electrons. The van der Waals surface area contributed by atoms with Crippen molar-refractivity contribution in [2.24, 2.45) is 0 Å². The third-order valence-corrected chi connectivity index (χ3v) is 3.96. The van der Waals surface area contributed by atoms with E-state index in [2.05, 4.69) is 22.8 Å². The van der Waals surface area contributed by atoms with Gasteiger partial charge in [-0.1, -0.05) is 36.4 Å². The van der Waals surface area contributed by atoms with Crippen molar-refractivity contribution < 1.29 is 4.92 Å². The molecule has 0 aliphatic heterocycles. The van der Waals surface area contributed by atoms with Crippen LogP contribution in [0.15, 0.2) is 72.8 Å². The molecule has 0 atom stereocenters. The Hall–Kier alpha value is -3.54. The van der Waals surface area contributed by atoms with Crippen LogP contribution < -0.4 is 16.4 Å². The lowest BCUT2D eigenvalue weighted by Crippen LogP contribution is -2.02. The fourth-order valence-corrected chi connectivity index (χ4v) is 2.56. The van der Waals surface area contributed by atoms with Gasteiger partial charge in [-0.05, 0) is 35.4 Å². The summed E-state index contributed by atoms with van der Waals surface area (Å²) in [4.78, 5) is 10.4.